The molecule has 112 valence electrons. The van der Waals surface area contributed by atoms with E-state index in [1.807, 2.05) is 12.1 Å². The second-order valence-electron chi connectivity index (χ2n) is 7.54. The zero-order valence-electron chi connectivity index (χ0n) is 12.6. The van der Waals surface area contributed by atoms with E-state index in [-0.39, 0.29) is 11.5 Å². The van der Waals surface area contributed by atoms with Gasteiger partial charge in [0, 0.05) is 0 Å². The van der Waals surface area contributed by atoms with Crippen LogP contribution in [0.5, 0.6) is 5.75 Å². The van der Waals surface area contributed by atoms with Crippen LogP contribution in [0.25, 0.3) is 0 Å². The van der Waals surface area contributed by atoms with Gasteiger partial charge in [-0.25, -0.2) is 0 Å². The van der Waals surface area contributed by atoms with E-state index in [9.17, 15) is 10.0 Å². The molecule has 0 radical (unpaired) electrons. The number of fused-ring (bicyclic) bond motifs is 5. The first-order valence-corrected chi connectivity index (χ1v) is 8.28. The Kier molecular flexibility index (Phi) is 2.88. The molecule has 2 fully saturated rings. The van der Waals surface area contributed by atoms with Crippen LogP contribution in [0.1, 0.15) is 56.1 Å². The van der Waals surface area contributed by atoms with Crippen LogP contribution in [0.3, 0.4) is 0 Å². The molecule has 21 heavy (non-hydrogen) atoms. The van der Waals surface area contributed by atoms with E-state index in [0.29, 0.717) is 23.5 Å². The molecule has 3 nitrogen and oxygen atoms in total. The molecule has 0 heterocycles. The highest BCUT2D eigenvalue weighted by atomic mass is 16.3. The van der Waals surface area contributed by atoms with Crippen molar-refractivity contribution in [3.63, 3.8) is 0 Å². The van der Waals surface area contributed by atoms with E-state index in [2.05, 4.69) is 18.2 Å². The molecule has 0 aromatic heterocycles. The van der Waals surface area contributed by atoms with E-state index < -0.39 is 0 Å². The Morgan fingerprint density at radius 1 is 1.24 bits per heavy atom. The van der Waals surface area contributed by atoms with Gasteiger partial charge in [0.25, 0.3) is 0 Å². The standard InChI is InChI=1S/C18H23NO2/c1-18-9-8-14-13-5-3-12(20)10-11(13)2-4-15(14)16(18)6-7-17(18)19-21/h3,5,10,14-17,20H,2,4,6-9H2,1H3/t14-,15-,16+,17+,18+/m1/s1. The first-order valence-electron chi connectivity index (χ1n) is 8.28. The molecule has 3 heteroatoms. The minimum atomic E-state index is 0.0321. The van der Waals surface area contributed by atoms with Gasteiger partial charge in [0.05, 0.1) is 6.04 Å². The van der Waals surface area contributed by atoms with Crippen LogP contribution in [0.2, 0.25) is 0 Å². The third kappa shape index (κ3) is 1.79. The predicted molar refractivity (Wildman–Crippen MR) is 82.3 cm³/mol. The number of aromatic hydroxyl groups is 1. The summed E-state index contributed by atoms with van der Waals surface area (Å²) in [5, 5.41) is 13.1. The fraction of sp³-hybridized carbons (Fsp3) is 0.667. The minimum absolute atomic E-state index is 0.0321. The molecule has 0 amide bonds. The minimum Gasteiger partial charge on any atom is -0.508 e. The number of nitrogens with zero attached hydrogens (tertiary/aromatic N) is 1. The van der Waals surface area contributed by atoms with E-state index in [0.717, 1.165) is 19.3 Å². The second-order valence-corrected chi connectivity index (χ2v) is 7.54. The summed E-state index contributed by atoms with van der Waals surface area (Å²) in [6, 6.07) is 5.95. The highest BCUT2D eigenvalue weighted by Gasteiger charge is 2.55. The Labute approximate surface area is 125 Å². The zero-order chi connectivity index (χ0) is 14.6. The quantitative estimate of drug-likeness (QED) is 0.778. The maximum atomic E-state index is 11.2. The molecule has 0 spiro atoms. The van der Waals surface area contributed by atoms with Crippen molar-refractivity contribution in [3.05, 3.63) is 34.2 Å². The predicted octanol–water partition coefficient (Wildman–Crippen LogP) is 4.38. The van der Waals surface area contributed by atoms with Gasteiger partial charge >= 0.3 is 0 Å². The molecule has 0 aliphatic heterocycles. The largest absolute Gasteiger partial charge is 0.508 e. The van der Waals surface area contributed by atoms with Crippen LogP contribution < -0.4 is 0 Å². The Morgan fingerprint density at radius 2 is 2.10 bits per heavy atom. The summed E-state index contributed by atoms with van der Waals surface area (Å²) in [4.78, 5) is 11.2. The maximum Gasteiger partial charge on any atom is 0.115 e. The van der Waals surface area contributed by atoms with E-state index >= 15 is 0 Å². The number of hydrogen-bond donors (Lipinski definition) is 1. The van der Waals surface area contributed by atoms with Crippen molar-refractivity contribution in [1.29, 1.82) is 0 Å². The lowest BCUT2D eigenvalue weighted by Gasteiger charge is -2.49. The number of phenolic OH excluding ortho intramolecular Hbond substituents is 1. The summed E-state index contributed by atoms with van der Waals surface area (Å²) >= 11 is 0. The van der Waals surface area contributed by atoms with Gasteiger partial charge < -0.3 is 5.11 Å². The van der Waals surface area contributed by atoms with E-state index in [4.69, 9.17) is 0 Å². The van der Waals surface area contributed by atoms with Crippen molar-refractivity contribution in [3.8, 4) is 5.75 Å². The van der Waals surface area contributed by atoms with Crippen LogP contribution in [-0.4, -0.2) is 11.1 Å². The van der Waals surface area contributed by atoms with Crippen molar-refractivity contribution >= 4 is 0 Å². The van der Waals surface area contributed by atoms with Gasteiger partial charge in [-0.05, 0) is 85.0 Å². The average Bonchev–Trinajstić information content (AvgIpc) is 2.83. The van der Waals surface area contributed by atoms with Gasteiger partial charge in [-0.1, -0.05) is 18.2 Å². The number of nitroso groups, excluding NO2 is 1. The molecule has 4 rings (SSSR count). The van der Waals surface area contributed by atoms with Crippen molar-refractivity contribution in [2.45, 2.75) is 57.4 Å². The summed E-state index contributed by atoms with van der Waals surface area (Å²) in [6.07, 6.45) is 6.71. The lowest BCUT2D eigenvalue weighted by atomic mass is 9.55. The number of phenols is 1. The number of hydrogen-bond acceptors (Lipinski definition) is 3. The monoisotopic (exact) mass is 285 g/mol. The zero-order valence-corrected chi connectivity index (χ0v) is 12.6. The molecular formula is C18H23NO2. The smallest absolute Gasteiger partial charge is 0.115 e. The summed E-state index contributed by atoms with van der Waals surface area (Å²) in [6.45, 7) is 2.30. The van der Waals surface area contributed by atoms with Gasteiger partial charge in [-0.2, -0.15) is 4.91 Å². The molecule has 1 aromatic carbocycles. The van der Waals surface area contributed by atoms with Crippen LogP contribution in [0.4, 0.5) is 0 Å². The Balaban J connectivity index is 1.70. The highest BCUT2D eigenvalue weighted by molar-refractivity contribution is 5.40. The van der Waals surface area contributed by atoms with Gasteiger partial charge in [-0.3, -0.25) is 0 Å². The maximum absolute atomic E-state index is 11.2. The van der Waals surface area contributed by atoms with Gasteiger partial charge in [0.15, 0.2) is 0 Å². The van der Waals surface area contributed by atoms with Crippen molar-refractivity contribution in [1.82, 2.24) is 0 Å². The molecule has 2 saturated carbocycles. The Bertz CT molecular complexity index is 585. The SMILES string of the molecule is C[C@]12CC[C@@H]3c4ccc(O)cc4CC[C@H]3[C@@H]1CC[C@@H]2N=O. The number of benzene rings is 1. The van der Waals surface area contributed by atoms with Gasteiger partial charge in [0.2, 0.25) is 0 Å². The summed E-state index contributed by atoms with van der Waals surface area (Å²) < 4.78 is 0. The molecule has 0 bridgehead atoms. The fourth-order valence-corrected chi connectivity index (χ4v) is 5.71. The molecule has 0 saturated heterocycles. The molecule has 3 aliphatic carbocycles. The molecule has 3 aliphatic rings. The Hall–Kier alpha value is -1.38. The fourth-order valence-electron chi connectivity index (χ4n) is 5.71. The third-order valence-corrected chi connectivity index (χ3v) is 6.79. The van der Waals surface area contributed by atoms with E-state index in [1.165, 1.54) is 30.4 Å². The average molecular weight is 285 g/mol. The molecular weight excluding hydrogens is 262 g/mol. The molecule has 1 aromatic rings. The number of aryl methyl sites for hydroxylation is 1. The van der Waals surface area contributed by atoms with Crippen molar-refractivity contribution in [2.75, 3.05) is 0 Å². The second kappa shape index (κ2) is 4.56. The van der Waals surface area contributed by atoms with Crippen LogP contribution in [0, 0.1) is 22.2 Å². The first-order chi connectivity index (χ1) is 10.1. The lowest BCUT2D eigenvalue weighted by Crippen LogP contribution is -2.43. The highest BCUT2D eigenvalue weighted by Crippen LogP contribution is 2.61. The number of rotatable bonds is 1. The summed E-state index contributed by atoms with van der Waals surface area (Å²) in [5.41, 5.74) is 2.92. The van der Waals surface area contributed by atoms with Crippen LogP contribution in [-0.2, 0) is 6.42 Å². The van der Waals surface area contributed by atoms with Crippen molar-refractivity contribution < 1.29 is 5.11 Å². The molecule has 1 N–H and O–H groups in total. The lowest BCUT2D eigenvalue weighted by molar-refractivity contribution is 0.0498. The summed E-state index contributed by atoms with van der Waals surface area (Å²) in [7, 11) is 0. The molecule has 0 unspecified atom stereocenters. The van der Waals surface area contributed by atoms with Crippen molar-refractivity contribution in [2.24, 2.45) is 22.4 Å². The van der Waals surface area contributed by atoms with Gasteiger partial charge in [0.1, 0.15) is 5.75 Å². The normalized spacial score (nSPS) is 41.0. The first kappa shape index (κ1) is 13.3. The summed E-state index contributed by atoms with van der Waals surface area (Å²) in [5.74, 6) is 2.37. The van der Waals surface area contributed by atoms with Gasteiger partial charge in [-0.15, -0.1) is 0 Å². The van der Waals surface area contributed by atoms with E-state index in [1.54, 1.807) is 0 Å². The van der Waals surface area contributed by atoms with Crippen LogP contribution in [0.15, 0.2) is 23.4 Å². The Morgan fingerprint density at radius 3 is 2.90 bits per heavy atom. The molecule has 5 atom stereocenters. The third-order valence-electron chi connectivity index (χ3n) is 6.79. The topological polar surface area (TPSA) is 49.7 Å². The van der Waals surface area contributed by atoms with Crippen LogP contribution >= 0.6 is 0 Å².